The highest BCUT2D eigenvalue weighted by Gasteiger charge is 2.20. The average molecular weight is 561 g/mol. The van der Waals surface area contributed by atoms with Crippen LogP contribution in [0.4, 0.5) is 0 Å². The highest BCUT2D eigenvalue weighted by Crippen LogP contribution is 2.47. The minimum absolute atomic E-state index is 0.00167. The van der Waals surface area contributed by atoms with Gasteiger partial charge in [-0.2, -0.15) is 0 Å². The normalized spacial score (nSPS) is 16.3. The van der Waals surface area contributed by atoms with E-state index in [1.165, 1.54) is 0 Å². The van der Waals surface area contributed by atoms with Crippen LogP contribution in [-0.4, -0.2) is 0 Å². The number of fused-ring (bicyclic) bond motifs is 6. The molecule has 1 heteroatoms. The lowest BCUT2D eigenvalue weighted by molar-refractivity contribution is 0.669. The van der Waals surface area contributed by atoms with Crippen molar-refractivity contribution in [1.82, 2.24) is 0 Å². The summed E-state index contributed by atoms with van der Waals surface area (Å²) in [6.45, 7) is 0. The zero-order valence-corrected chi connectivity index (χ0v) is 22.3. The van der Waals surface area contributed by atoms with Gasteiger partial charge in [0.25, 0.3) is 0 Å². The molecular weight excluding hydrogens is 520 g/mol. The first-order valence-corrected chi connectivity index (χ1v) is 13.6. The molecule has 0 saturated carbocycles. The maximum Gasteiger partial charge on any atom is 0.136 e. The first-order chi connectivity index (χ1) is 27.2. The summed E-state index contributed by atoms with van der Waals surface area (Å²) < 4.78 is 127. The molecule has 0 amide bonds. The zero-order valence-electron chi connectivity index (χ0n) is 36.3. The van der Waals surface area contributed by atoms with E-state index in [4.69, 9.17) is 22.2 Å². The minimum Gasteiger partial charge on any atom is -0.456 e. The Hall–Kier alpha value is -5.66. The molecule has 0 spiro atoms. The number of para-hydroxylation sites is 1. The molecule has 1 heterocycles. The van der Waals surface area contributed by atoms with Crippen LogP contribution >= 0.6 is 0 Å². The van der Waals surface area contributed by atoms with Gasteiger partial charge in [0.2, 0.25) is 0 Å². The van der Waals surface area contributed by atoms with E-state index in [1.807, 2.05) is 54.6 Å². The fourth-order valence-corrected chi connectivity index (χ4v) is 6.12. The second kappa shape index (κ2) is 9.44. The molecule has 0 radical (unpaired) electrons. The molecule has 0 aliphatic carbocycles. The van der Waals surface area contributed by atoms with Crippen LogP contribution in [0.2, 0.25) is 0 Å². The van der Waals surface area contributed by atoms with Crippen LogP contribution < -0.4 is 0 Å². The summed E-state index contributed by atoms with van der Waals surface area (Å²) in [6.07, 6.45) is 0. The van der Waals surface area contributed by atoms with Crippen molar-refractivity contribution >= 4 is 54.3 Å². The van der Waals surface area contributed by atoms with E-state index in [0.29, 0.717) is 38.2 Å². The van der Waals surface area contributed by atoms with Crippen molar-refractivity contribution in [3.05, 3.63) is 157 Å². The van der Waals surface area contributed by atoms with Gasteiger partial charge in [-0.05, 0) is 83.8 Å². The average Bonchev–Trinajstić information content (AvgIpc) is 3.62. The number of furan rings is 1. The standard InChI is InChI=1S/C42H26O/c1-2-16-30-27(12-1)13-10-22-31(30)28-14-9-15-29(26-28)40-32-17-3-5-19-34(32)41(35-20-6-4-18-33(35)40)37-23-11-25-39-42(37)36-21-7-8-24-38(36)43-39/h1-26H/i1D,2D,7D,8D,10D,11D,12D,13D,16D,21D,22D,23D,24D,25D. The number of hydrogen-bond acceptors (Lipinski definition) is 1. The van der Waals surface area contributed by atoms with E-state index in [2.05, 4.69) is 0 Å². The third-order valence-electron chi connectivity index (χ3n) is 7.88. The summed E-state index contributed by atoms with van der Waals surface area (Å²) in [7, 11) is 0. The van der Waals surface area contributed by atoms with Crippen molar-refractivity contribution in [2.45, 2.75) is 0 Å². The smallest absolute Gasteiger partial charge is 0.136 e. The Balaban J connectivity index is 1.42. The summed E-state index contributed by atoms with van der Waals surface area (Å²) in [4.78, 5) is 0. The SMILES string of the molecule is [2H]c1c([2H])c([2H])c2c(oc3c([2H])c([2H])c([2H])c(-c4c5ccccc5c(-c5cccc(-c6c([2H])c([2H])c([2H])c7c([2H])c([2H])c([2H])c([2H])c67)c5)c5ccccc45)c32)c1[2H]. The van der Waals surface area contributed by atoms with Crippen LogP contribution in [0.3, 0.4) is 0 Å². The third-order valence-corrected chi connectivity index (χ3v) is 7.88. The van der Waals surface area contributed by atoms with Crippen molar-refractivity contribution < 1.29 is 23.6 Å². The molecule has 0 fully saturated rings. The van der Waals surface area contributed by atoms with E-state index in [0.717, 1.165) is 5.56 Å². The van der Waals surface area contributed by atoms with Crippen LogP contribution in [0.15, 0.2) is 162 Å². The quantitative estimate of drug-likeness (QED) is 0.196. The minimum atomic E-state index is -0.539. The third kappa shape index (κ3) is 3.65. The van der Waals surface area contributed by atoms with E-state index in [-0.39, 0.29) is 55.9 Å². The van der Waals surface area contributed by atoms with E-state index in [1.54, 1.807) is 18.2 Å². The molecule has 0 atom stereocenters. The number of benzene rings is 8. The van der Waals surface area contributed by atoms with Gasteiger partial charge in [-0.15, -0.1) is 0 Å². The Morgan fingerprint density at radius 3 is 1.79 bits per heavy atom. The number of hydrogen-bond donors (Lipinski definition) is 0. The molecule has 200 valence electrons. The van der Waals surface area contributed by atoms with Crippen molar-refractivity contribution in [3.63, 3.8) is 0 Å². The lowest BCUT2D eigenvalue weighted by Crippen LogP contribution is -1.91. The van der Waals surface area contributed by atoms with Gasteiger partial charge in [-0.25, -0.2) is 0 Å². The summed E-state index contributed by atoms with van der Waals surface area (Å²) in [6, 6.07) is 15.5. The van der Waals surface area contributed by atoms with Gasteiger partial charge in [-0.3, -0.25) is 0 Å². The van der Waals surface area contributed by atoms with E-state index in [9.17, 15) is 1.37 Å². The zero-order chi connectivity index (χ0) is 40.5. The van der Waals surface area contributed by atoms with Gasteiger partial charge in [-0.1, -0.05) is 139 Å². The monoisotopic (exact) mass is 560 g/mol. The Morgan fingerprint density at radius 2 is 1.00 bits per heavy atom. The summed E-state index contributed by atoms with van der Waals surface area (Å²) >= 11 is 0. The number of rotatable bonds is 3. The first kappa shape index (κ1) is 14.0. The fraction of sp³-hybridized carbons (Fsp3) is 0. The van der Waals surface area contributed by atoms with Gasteiger partial charge in [0.1, 0.15) is 11.2 Å². The molecule has 0 aliphatic heterocycles. The highest BCUT2D eigenvalue weighted by atomic mass is 16.3. The van der Waals surface area contributed by atoms with Crippen molar-refractivity contribution in [3.8, 4) is 33.4 Å². The molecule has 8 aromatic carbocycles. The molecule has 1 nitrogen and oxygen atoms in total. The second-order valence-electron chi connectivity index (χ2n) is 10.2. The molecule has 0 unspecified atom stereocenters. The second-order valence-corrected chi connectivity index (χ2v) is 10.2. The molecule has 0 N–H and O–H groups in total. The summed E-state index contributed by atoms with van der Waals surface area (Å²) in [5, 5.41) is 2.55. The predicted molar refractivity (Wildman–Crippen MR) is 183 cm³/mol. The van der Waals surface area contributed by atoms with Gasteiger partial charge >= 0.3 is 0 Å². The van der Waals surface area contributed by atoms with Gasteiger partial charge in [0.15, 0.2) is 0 Å². The Kier molecular flexibility index (Phi) is 3.07. The van der Waals surface area contributed by atoms with Crippen LogP contribution in [0.5, 0.6) is 0 Å². The lowest BCUT2D eigenvalue weighted by Gasteiger charge is -2.19. The topological polar surface area (TPSA) is 13.1 Å². The van der Waals surface area contributed by atoms with Gasteiger partial charge in [0, 0.05) is 10.8 Å². The Morgan fingerprint density at radius 1 is 0.419 bits per heavy atom. The predicted octanol–water partition coefficient (Wildman–Crippen LogP) is 12.0. The van der Waals surface area contributed by atoms with Crippen LogP contribution in [0, 0.1) is 0 Å². The van der Waals surface area contributed by atoms with E-state index < -0.39 is 72.5 Å². The maximum absolute atomic E-state index is 9.32. The molecular formula is C42H26O. The van der Waals surface area contributed by atoms with Crippen LogP contribution in [-0.2, 0) is 0 Å². The summed E-state index contributed by atoms with van der Waals surface area (Å²) in [5.41, 5.74) is 2.17. The Labute approximate surface area is 268 Å². The molecule has 1 aromatic heterocycles. The molecule has 43 heavy (non-hydrogen) atoms. The highest BCUT2D eigenvalue weighted by molar-refractivity contribution is 6.25. The molecule has 0 bridgehead atoms. The first-order valence-electron chi connectivity index (χ1n) is 20.6. The summed E-state index contributed by atoms with van der Waals surface area (Å²) in [5.74, 6) is 0. The van der Waals surface area contributed by atoms with Gasteiger partial charge in [0.05, 0.1) is 19.2 Å². The van der Waals surface area contributed by atoms with Crippen LogP contribution in [0.1, 0.15) is 19.2 Å². The van der Waals surface area contributed by atoms with Crippen molar-refractivity contribution in [2.24, 2.45) is 0 Å². The maximum atomic E-state index is 9.32. The fourth-order valence-electron chi connectivity index (χ4n) is 6.12. The van der Waals surface area contributed by atoms with Crippen molar-refractivity contribution in [2.75, 3.05) is 0 Å². The lowest BCUT2D eigenvalue weighted by atomic mass is 9.84. The molecule has 0 aliphatic rings. The largest absolute Gasteiger partial charge is 0.456 e. The van der Waals surface area contributed by atoms with E-state index >= 15 is 0 Å². The molecule has 9 aromatic rings. The van der Waals surface area contributed by atoms with Crippen molar-refractivity contribution in [1.29, 1.82) is 0 Å². The van der Waals surface area contributed by atoms with Crippen LogP contribution in [0.25, 0.3) is 87.6 Å². The molecule has 9 rings (SSSR count). The van der Waals surface area contributed by atoms with Gasteiger partial charge < -0.3 is 4.42 Å². The Bertz CT molecular complexity index is 3230. The molecule has 0 saturated heterocycles.